The summed E-state index contributed by atoms with van der Waals surface area (Å²) in [5.74, 6) is -1.05. The van der Waals surface area contributed by atoms with Gasteiger partial charge in [-0.05, 0) is 25.0 Å². The molecule has 2 aliphatic carbocycles. The number of halogens is 2. The zero-order chi connectivity index (χ0) is 13.5. The van der Waals surface area contributed by atoms with Crippen LogP contribution in [0.5, 0.6) is 5.75 Å². The molecule has 0 saturated heterocycles. The average Bonchev–Trinajstić information content (AvgIpc) is 2.42. The Balaban J connectivity index is 1.78. The van der Waals surface area contributed by atoms with Crippen LogP contribution in [0.1, 0.15) is 38.5 Å². The highest BCUT2D eigenvalue weighted by atomic mass is 19.1. The summed E-state index contributed by atoms with van der Waals surface area (Å²) in [7, 11) is 0. The molecule has 4 heteroatoms. The van der Waals surface area contributed by atoms with Crippen molar-refractivity contribution in [2.24, 2.45) is 5.41 Å². The lowest BCUT2D eigenvalue weighted by Gasteiger charge is -2.49. The van der Waals surface area contributed by atoms with Gasteiger partial charge in [-0.2, -0.15) is 0 Å². The van der Waals surface area contributed by atoms with Crippen LogP contribution in [-0.4, -0.2) is 11.9 Å². The molecule has 2 fully saturated rings. The van der Waals surface area contributed by atoms with Crippen molar-refractivity contribution in [3.8, 4) is 5.75 Å². The van der Waals surface area contributed by atoms with E-state index in [2.05, 4.69) is 0 Å². The van der Waals surface area contributed by atoms with Gasteiger partial charge in [0.05, 0.1) is 5.41 Å². The molecule has 2 aliphatic rings. The number of ether oxygens (including phenoxy) is 1. The Labute approximate surface area is 110 Å². The van der Waals surface area contributed by atoms with E-state index in [-0.39, 0.29) is 17.6 Å². The van der Waals surface area contributed by atoms with E-state index in [1.54, 1.807) is 0 Å². The number of hydrogen-bond acceptors (Lipinski definition) is 2. The standard InChI is InChI=1S/C15H16F2O2/c16-10-4-5-12(11(17)8-10)19-14-9-13(18)15(14)6-2-1-3-7-15/h4-5,8,14H,1-3,6-7,9H2. The molecule has 102 valence electrons. The lowest BCUT2D eigenvalue weighted by molar-refractivity contribution is -0.156. The van der Waals surface area contributed by atoms with Gasteiger partial charge in [0.1, 0.15) is 17.7 Å². The van der Waals surface area contributed by atoms with E-state index < -0.39 is 17.0 Å². The van der Waals surface area contributed by atoms with Crippen molar-refractivity contribution in [2.45, 2.75) is 44.6 Å². The van der Waals surface area contributed by atoms with Crippen LogP contribution in [0.4, 0.5) is 8.78 Å². The second-order valence-corrected chi connectivity index (χ2v) is 5.53. The van der Waals surface area contributed by atoms with E-state index >= 15 is 0 Å². The minimum Gasteiger partial charge on any atom is -0.486 e. The SMILES string of the molecule is O=C1CC(Oc2ccc(F)cc2F)C12CCCCC2. The van der Waals surface area contributed by atoms with E-state index in [9.17, 15) is 13.6 Å². The monoisotopic (exact) mass is 266 g/mol. The molecule has 0 aliphatic heterocycles. The molecule has 3 rings (SSSR count). The molecule has 2 saturated carbocycles. The second-order valence-electron chi connectivity index (χ2n) is 5.53. The van der Waals surface area contributed by atoms with Crippen molar-refractivity contribution in [3.63, 3.8) is 0 Å². The third-order valence-corrected chi connectivity index (χ3v) is 4.45. The van der Waals surface area contributed by atoms with Crippen molar-refractivity contribution < 1.29 is 18.3 Å². The molecule has 0 heterocycles. The third kappa shape index (κ3) is 2.03. The maximum Gasteiger partial charge on any atom is 0.167 e. The van der Waals surface area contributed by atoms with E-state index in [4.69, 9.17) is 4.74 Å². The van der Waals surface area contributed by atoms with Gasteiger partial charge in [-0.3, -0.25) is 4.79 Å². The zero-order valence-corrected chi connectivity index (χ0v) is 10.6. The van der Waals surface area contributed by atoms with Crippen molar-refractivity contribution in [1.82, 2.24) is 0 Å². The number of ketones is 1. The topological polar surface area (TPSA) is 26.3 Å². The minimum atomic E-state index is -0.703. The fraction of sp³-hybridized carbons (Fsp3) is 0.533. The van der Waals surface area contributed by atoms with Gasteiger partial charge >= 0.3 is 0 Å². The lowest BCUT2D eigenvalue weighted by atomic mass is 9.57. The molecule has 1 spiro atoms. The fourth-order valence-corrected chi connectivity index (χ4v) is 3.28. The Hall–Kier alpha value is -1.45. The van der Waals surface area contributed by atoms with Crippen LogP contribution >= 0.6 is 0 Å². The molecular formula is C15H16F2O2. The zero-order valence-electron chi connectivity index (χ0n) is 10.6. The normalized spacial score (nSPS) is 25.2. The highest BCUT2D eigenvalue weighted by Crippen LogP contribution is 2.50. The average molecular weight is 266 g/mol. The van der Waals surface area contributed by atoms with E-state index in [1.165, 1.54) is 12.1 Å². The highest BCUT2D eigenvalue weighted by molar-refractivity contribution is 5.92. The number of hydrogen-bond donors (Lipinski definition) is 0. The largest absolute Gasteiger partial charge is 0.486 e. The number of carbonyl (C=O) groups is 1. The van der Waals surface area contributed by atoms with Gasteiger partial charge in [-0.25, -0.2) is 8.78 Å². The van der Waals surface area contributed by atoms with Crippen LogP contribution in [0, 0.1) is 17.0 Å². The van der Waals surface area contributed by atoms with Crippen LogP contribution in [0.2, 0.25) is 0 Å². The first-order valence-electron chi connectivity index (χ1n) is 6.77. The Morgan fingerprint density at radius 2 is 1.89 bits per heavy atom. The second kappa shape index (κ2) is 4.58. The molecule has 0 radical (unpaired) electrons. The van der Waals surface area contributed by atoms with Crippen molar-refractivity contribution in [3.05, 3.63) is 29.8 Å². The molecule has 0 N–H and O–H groups in total. The summed E-state index contributed by atoms with van der Waals surface area (Å²) in [5, 5.41) is 0. The summed E-state index contributed by atoms with van der Waals surface area (Å²) in [6.45, 7) is 0. The van der Waals surface area contributed by atoms with Crippen molar-refractivity contribution in [1.29, 1.82) is 0 Å². The van der Waals surface area contributed by atoms with Crippen LogP contribution in [-0.2, 0) is 4.79 Å². The quantitative estimate of drug-likeness (QED) is 0.817. The van der Waals surface area contributed by atoms with Gasteiger partial charge in [-0.1, -0.05) is 19.3 Å². The summed E-state index contributed by atoms with van der Waals surface area (Å²) >= 11 is 0. The third-order valence-electron chi connectivity index (χ3n) is 4.45. The van der Waals surface area contributed by atoms with Crippen molar-refractivity contribution in [2.75, 3.05) is 0 Å². The van der Waals surface area contributed by atoms with Crippen LogP contribution in [0.25, 0.3) is 0 Å². The van der Waals surface area contributed by atoms with Gasteiger partial charge in [0.2, 0.25) is 0 Å². The first-order valence-corrected chi connectivity index (χ1v) is 6.77. The summed E-state index contributed by atoms with van der Waals surface area (Å²) in [4.78, 5) is 11.9. The maximum atomic E-state index is 13.6. The summed E-state index contributed by atoms with van der Waals surface area (Å²) in [6.07, 6.45) is 4.96. The van der Waals surface area contributed by atoms with E-state index in [0.29, 0.717) is 6.42 Å². The van der Waals surface area contributed by atoms with Gasteiger partial charge in [0.25, 0.3) is 0 Å². The molecule has 0 amide bonds. The number of carbonyl (C=O) groups excluding carboxylic acids is 1. The molecule has 0 bridgehead atoms. The fourth-order valence-electron chi connectivity index (χ4n) is 3.28. The molecule has 1 atom stereocenters. The van der Waals surface area contributed by atoms with Crippen molar-refractivity contribution >= 4 is 5.78 Å². The molecule has 1 aromatic carbocycles. The molecule has 1 aromatic rings. The Bertz CT molecular complexity index is 507. The molecule has 0 aromatic heterocycles. The smallest absolute Gasteiger partial charge is 0.167 e. The van der Waals surface area contributed by atoms with Crippen LogP contribution in [0.3, 0.4) is 0 Å². The Morgan fingerprint density at radius 3 is 2.53 bits per heavy atom. The van der Waals surface area contributed by atoms with Crippen LogP contribution < -0.4 is 4.74 Å². The molecule has 19 heavy (non-hydrogen) atoms. The highest BCUT2D eigenvalue weighted by Gasteiger charge is 2.56. The maximum absolute atomic E-state index is 13.6. The molecule has 1 unspecified atom stereocenters. The predicted octanol–water partition coefficient (Wildman–Crippen LogP) is 3.64. The Kier molecular flexibility index (Phi) is 3.03. The van der Waals surface area contributed by atoms with Gasteiger partial charge in [0.15, 0.2) is 11.6 Å². The number of rotatable bonds is 2. The summed E-state index contributed by atoms with van der Waals surface area (Å²) in [6, 6.07) is 3.28. The van der Waals surface area contributed by atoms with Crippen LogP contribution in [0.15, 0.2) is 18.2 Å². The predicted molar refractivity (Wildman–Crippen MR) is 65.9 cm³/mol. The summed E-state index contributed by atoms with van der Waals surface area (Å²) in [5.41, 5.74) is -0.404. The van der Waals surface area contributed by atoms with E-state index in [0.717, 1.165) is 38.2 Å². The van der Waals surface area contributed by atoms with E-state index in [1.807, 2.05) is 0 Å². The lowest BCUT2D eigenvalue weighted by Crippen LogP contribution is -2.57. The summed E-state index contributed by atoms with van der Waals surface area (Å²) < 4.78 is 32.1. The van der Waals surface area contributed by atoms with Gasteiger partial charge in [0, 0.05) is 12.5 Å². The Morgan fingerprint density at radius 1 is 1.16 bits per heavy atom. The van der Waals surface area contributed by atoms with Gasteiger partial charge < -0.3 is 4.74 Å². The number of benzene rings is 1. The first-order chi connectivity index (χ1) is 9.12. The first kappa shape index (κ1) is 12.6. The minimum absolute atomic E-state index is 0.0452. The van der Waals surface area contributed by atoms with Gasteiger partial charge in [-0.15, -0.1) is 0 Å². The molecular weight excluding hydrogens is 250 g/mol. The molecule has 2 nitrogen and oxygen atoms in total. The number of Topliss-reactive ketones (excluding diaryl/α,β-unsaturated/α-hetero) is 1.